The molecule has 0 radical (unpaired) electrons. The maximum absolute atomic E-state index is 13.2. The number of hydrogen-bond acceptors (Lipinski definition) is 7. The molecule has 3 heterocycles. The number of benzene rings is 1. The van der Waals surface area contributed by atoms with E-state index in [0.717, 1.165) is 5.56 Å². The molecule has 4 rings (SSSR count). The summed E-state index contributed by atoms with van der Waals surface area (Å²) in [6.07, 6.45) is 1.12. The summed E-state index contributed by atoms with van der Waals surface area (Å²) in [6, 6.07) is 9.16. The molecule has 0 aromatic heterocycles. The number of likely N-dealkylation sites (tertiary alicyclic amines) is 1. The molecule has 2 amide bonds. The predicted molar refractivity (Wildman–Crippen MR) is 93.0 cm³/mol. The average Bonchev–Trinajstić information content (AvgIpc) is 3.29. The second kappa shape index (κ2) is 6.56. The van der Waals surface area contributed by atoms with Gasteiger partial charge in [0.15, 0.2) is 5.60 Å². The fourth-order valence-electron chi connectivity index (χ4n) is 4.20. The molecule has 1 aromatic carbocycles. The summed E-state index contributed by atoms with van der Waals surface area (Å²) < 4.78 is 16.2. The van der Waals surface area contributed by atoms with Gasteiger partial charge in [0.1, 0.15) is 0 Å². The molecule has 2 fully saturated rings. The molecule has 28 heavy (non-hydrogen) atoms. The van der Waals surface area contributed by atoms with Gasteiger partial charge in [0.2, 0.25) is 11.8 Å². The normalized spacial score (nSPS) is 30.1. The molecule has 8 heteroatoms. The maximum Gasteiger partial charge on any atom is 0.305 e. The first-order valence-corrected chi connectivity index (χ1v) is 8.94. The van der Waals surface area contributed by atoms with Crippen LogP contribution < -0.4 is 0 Å². The van der Waals surface area contributed by atoms with E-state index in [-0.39, 0.29) is 12.5 Å². The highest BCUT2D eigenvalue weighted by molar-refractivity contribution is 6.07. The van der Waals surface area contributed by atoms with Gasteiger partial charge in [-0.25, -0.2) is 0 Å². The number of esters is 2. The van der Waals surface area contributed by atoms with Gasteiger partial charge in [0.25, 0.3) is 6.29 Å². The molecule has 1 aromatic rings. The minimum atomic E-state index is -1.51. The standard InChI is InChI=1S/C20H19NO7/c1-11(22)26-19(27-12(2)23)20-9-8-14(28-20)15-16(20)18(25)21(17(15)24)10-13-6-4-3-5-7-13/h3-9,14-16,19H,10H2,1-2H3/t14-,15+,16+,20+/m0/s1. The number of carbonyl (C=O) groups is 4. The topological polar surface area (TPSA) is 99.2 Å². The van der Waals surface area contributed by atoms with Crippen LogP contribution in [0.2, 0.25) is 0 Å². The number of hydrogen-bond donors (Lipinski definition) is 0. The molecule has 146 valence electrons. The second-order valence-corrected chi connectivity index (χ2v) is 7.10. The third-order valence-electron chi connectivity index (χ3n) is 5.27. The van der Waals surface area contributed by atoms with Crippen LogP contribution in [0.25, 0.3) is 0 Å². The molecule has 2 saturated heterocycles. The zero-order chi connectivity index (χ0) is 20.1. The SMILES string of the molecule is CC(=O)OC(OC(C)=O)[C@]12C=C[C@H](O1)[C@H]1C(=O)N(Cc3ccccc3)C(=O)[C@@H]12. The van der Waals surface area contributed by atoms with Crippen molar-refractivity contribution < 1.29 is 33.4 Å². The van der Waals surface area contributed by atoms with Crippen molar-refractivity contribution in [2.75, 3.05) is 0 Å². The number of rotatable bonds is 5. The zero-order valence-electron chi connectivity index (χ0n) is 15.4. The Morgan fingerprint density at radius 3 is 2.36 bits per heavy atom. The molecule has 3 aliphatic rings. The van der Waals surface area contributed by atoms with Gasteiger partial charge in [-0.3, -0.25) is 24.1 Å². The van der Waals surface area contributed by atoms with E-state index in [2.05, 4.69) is 0 Å². The van der Waals surface area contributed by atoms with E-state index >= 15 is 0 Å². The van der Waals surface area contributed by atoms with Crippen LogP contribution in [0.15, 0.2) is 42.5 Å². The highest BCUT2D eigenvalue weighted by atomic mass is 16.7. The minimum Gasteiger partial charge on any atom is -0.422 e. The molecular weight excluding hydrogens is 366 g/mol. The number of ether oxygens (including phenoxy) is 3. The van der Waals surface area contributed by atoms with Crippen molar-refractivity contribution in [3.05, 3.63) is 48.0 Å². The smallest absolute Gasteiger partial charge is 0.305 e. The number of imide groups is 1. The van der Waals surface area contributed by atoms with Crippen molar-refractivity contribution in [3.8, 4) is 0 Å². The molecule has 0 spiro atoms. The minimum absolute atomic E-state index is 0.139. The van der Waals surface area contributed by atoms with E-state index < -0.39 is 47.7 Å². The van der Waals surface area contributed by atoms with Crippen LogP contribution in [0.1, 0.15) is 19.4 Å². The lowest BCUT2D eigenvalue weighted by molar-refractivity contribution is -0.227. The molecule has 0 aliphatic carbocycles. The average molecular weight is 385 g/mol. The van der Waals surface area contributed by atoms with Gasteiger partial charge in [-0.05, 0) is 11.6 Å². The maximum atomic E-state index is 13.2. The Labute approximate surface area is 161 Å². The lowest BCUT2D eigenvalue weighted by Gasteiger charge is -2.34. The first-order valence-electron chi connectivity index (χ1n) is 8.94. The van der Waals surface area contributed by atoms with Gasteiger partial charge < -0.3 is 14.2 Å². The monoisotopic (exact) mass is 385 g/mol. The van der Waals surface area contributed by atoms with Crippen LogP contribution in [-0.4, -0.2) is 46.6 Å². The molecule has 0 unspecified atom stereocenters. The Balaban J connectivity index is 1.67. The molecule has 3 aliphatic heterocycles. The zero-order valence-corrected chi connectivity index (χ0v) is 15.4. The summed E-state index contributed by atoms with van der Waals surface area (Å²) in [5, 5.41) is 0. The number of fused-ring (bicyclic) bond motifs is 5. The number of carbonyl (C=O) groups excluding carboxylic acids is 4. The Bertz CT molecular complexity index is 864. The largest absolute Gasteiger partial charge is 0.422 e. The summed E-state index contributed by atoms with van der Waals surface area (Å²) in [7, 11) is 0. The fourth-order valence-corrected chi connectivity index (χ4v) is 4.20. The van der Waals surface area contributed by atoms with Crippen LogP contribution in [0, 0.1) is 11.8 Å². The van der Waals surface area contributed by atoms with E-state index in [1.165, 1.54) is 18.7 Å². The first-order chi connectivity index (χ1) is 13.3. The summed E-state index contributed by atoms with van der Waals surface area (Å²) >= 11 is 0. The lowest BCUT2D eigenvalue weighted by Crippen LogP contribution is -2.52. The quantitative estimate of drug-likeness (QED) is 0.322. The van der Waals surface area contributed by atoms with Crippen LogP contribution in [0.4, 0.5) is 0 Å². The summed E-state index contributed by atoms with van der Waals surface area (Å²) in [4.78, 5) is 50.5. The molecule has 4 atom stereocenters. The molecule has 8 nitrogen and oxygen atoms in total. The summed E-state index contributed by atoms with van der Waals surface area (Å²) in [5.74, 6) is -3.84. The van der Waals surface area contributed by atoms with Crippen molar-refractivity contribution in [3.63, 3.8) is 0 Å². The van der Waals surface area contributed by atoms with Gasteiger partial charge in [-0.2, -0.15) is 0 Å². The van der Waals surface area contributed by atoms with E-state index in [1.54, 1.807) is 12.2 Å². The van der Waals surface area contributed by atoms with Crippen molar-refractivity contribution in [2.45, 2.75) is 38.4 Å². The van der Waals surface area contributed by atoms with E-state index in [1.807, 2.05) is 30.3 Å². The van der Waals surface area contributed by atoms with E-state index in [0.29, 0.717) is 0 Å². The molecule has 0 saturated carbocycles. The molecular formula is C20H19NO7. The van der Waals surface area contributed by atoms with E-state index in [4.69, 9.17) is 14.2 Å². The highest BCUT2D eigenvalue weighted by Crippen LogP contribution is 2.54. The Morgan fingerprint density at radius 2 is 1.75 bits per heavy atom. The van der Waals surface area contributed by atoms with Crippen LogP contribution in [0.5, 0.6) is 0 Å². The third kappa shape index (κ3) is 2.72. The second-order valence-electron chi connectivity index (χ2n) is 7.10. The van der Waals surface area contributed by atoms with Crippen molar-refractivity contribution in [1.82, 2.24) is 4.90 Å². The summed E-state index contributed by atoms with van der Waals surface area (Å²) in [5.41, 5.74) is -0.693. The fraction of sp³-hybridized carbons (Fsp3) is 0.400. The van der Waals surface area contributed by atoms with Gasteiger partial charge in [0, 0.05) is 13.8 Å². The van der Waals surface area contributed by atoms with E-state index in [9.17, 15) is 19.2 Å². The van der Waals surface area contributed by atoms with Crippen LogP contribution >= 0.6 is 0 Å². The van der Waals surface area contributed by atoms with Crippen molar-refractivity contribution in [1.29, 1.82) is 0 Å². The van der Waals surface area contributed by atoms with Crippen molar-refractivity contribution in [2.24, 2.45) is 11.8 Å². The third-order valence-corrected chi connectivity index (χ3v) is 5.27. The van der Waals surface area contributed by atoms with Crippen LogP contribution in [0.3, 0.4) is 0 Å². The van der Waals surface area contributed by atoms with Gasteiger partial charge >= 0.3 is 11.9 Å². The number of nitrogens with zero attached hydrogens (tertiary/aromatic N) is 1. The predicted octanol–water partition coefficient (Wildman–Crippen LogP) is 0.947. The van der Waals surface area contributed by atoms with Crippen LogP contribution in [-0.2, 0) is 39.9 Å². The molecule has 2 bridgehead atoms. The lowest BCUT2D eigenvalue weighted by atomic mass is 9.76. The summed E-state index contributed by atoms with van der Waals surface area (Å²) in [6.45, 7) is 2.47. The molecule has 0 N–H and O–H groups in total. The van der Waals surface area contributed by atoms with Gasteiger partial charge in [-0.15, -0.1) is 0 Å². The highest BCUT2D eigenvalue weighted by Gasteiger charge is 2.71. The van der Waals surface area contributed by atoms with Gasteiger partial charge in [-0.1, -0.05) is 36.4 Å². The first kappa shape index (κ1) is 18.4. The van der Waals surface area contributed by atoms with Crippen molar-refractivity contribution >= 4 is 23.8 Å². The van der Waals surface area contributed by atoms with Gasteiger partial charge in [0.05, 0.1) is 24.5 Å². The number of amides is 2. The Hall–Kier alpha value is -3.00. The Morgan fingerprint density at radius 1 is 1.11 bits per heavy atom. The Kier molecular flexibility index (Phi) is 4.30.